The van der Waals surface area contributed by atoms with Crippen LogP contribution in [0.25, 0.3) is 0 Å². The van der Waals surface area contributed by atoms with E-state index >= 15 is 0 Å². The number of aliphatic hydroxyl groups excluding tert-OH is 1. The van der Waals surface area contributed by atoms with E-state index in [0.717, 1.165) is 0 Å². The minimum absolute atomic E-state index is 0.250. The summed E-state index contributed by atoms with van der Waals surface area (Å²) >= 11 is 0. The Morgan fingerprint density at radius 1 is 1.22 bits per heavy atom. The van der Waals surface area contributed by atoms with Crippen LogP contribution in [-0.4, -0.2) is 27.7 Å². The summed E-state index contributed by atoms with van der Waals surface area (Å²) in [6, 6.07) is 0. The molecule has 0 fully saturated rings. The van der Waals surface area contributed by atoms with E-state index < -0.39 is 5.79 Å². The molecule has 0 unspecified atom stereocenters. The van der Waals surface area contributed by atoms with Gasteiger partial charge in [0, 0.05) is 6.61 Å². The second-order valence-corrected chi connectivity index (χ2v) is 1.89. The number of aliphatic hydroxyl groups is 3. The average Bonchev–Trinajstić information content (AvgIpc) is 1.67. The molecule has 0 saturated heterocycles. The molecule has 0 aliphatic rings. The van der Waals surface area contributed by atoms with Crippen LogP contribution in [0.1, 0.15) is 27.2 Å². The van der Waals surface area contributed by atoms with Gasteiger partial charge in [-0.3, -0.25) is 0 Å². The van der Waals surface area contributed by atoms with Crippen LogP contribution in [0, 0.1) is 0 Å². The van der Waals surface area contributed by atoms with Crippen LogP contribution in [0.5, 0.6) is 0 Å². The van der Waals surface area contributed by atoms with Gasteiger partial charge in [0.05, 0.1) is 0 Å². The Kier molecular flexibility index (Phi) is 7.77. The largest absolute Gasteiger partial charge is 0.397 e. The molecule has 0 aromatic carbocycles. The van der Waals surface area contributed by atoms with Crippen LogP contribution in [-0.2, 0) is 0 Å². The van der Waals surface area contributed by atoms with Crippen molar-refractivity contribution >= 4 is 0 Å². The molecule has 3 N–H and O–H groups in total. The van der Waals surface area contributed by atoms with Crippen molar-refractivity contribution in [3.63, 3.8) is 0 Å². The lowest BCUT2D eigenvalue weighted by molar-refractivity contribution is -0.145. The molecule has 9 heavy (non-hydrogen) atoms. The van der Waals surface area contributed by atoms with E-state index in [0.29, 0.717) is 6.42 Å². The van der Waals surface area contributed by atoms with Crippen molar-refractivity contribution in [3.05, 3.63) is 0 Å². The first kappa shape index (κ1) is 11.6. The fraction of sp³-hybridized carbons (Fsp3) is 1.00. The molecule has 0 saturated carbocycles. The number of hydrogen-bond acceptors (Lipinski definition) is 3. The zero-order valence-electron chi connectivity index (χ0n) is 6.26. The minimum Gasteiger partial charge on any atom is -0.397 e. The van der Waals surface area contributed by atoms with E-state index in [4.69, 9.17) is 15.3 Å². The molecule has 0 bridgehead atoms. The average molecular weight is 136 g/mol. The van der Waals surface area contributed by atoms with Crippen LogP contribution in [0.4, 0.5) is 0 Å². The lowest BCUT2D eigenvalue weighted by atomic mass is 10.3. The quantitative estimate of drug-likeness (QED) is 0.448. The number of rotatable bonds is 1. The highest BCUT2D eigenvalue weighted by atomic mass is 16.5. The van der Waals surface area contributed by atoms with E-state index in [-0.39, 0.29) is 6.61 Å². The Balaban J connectivity index is 0. The van der Waals surface area contributed by atoms with Gasteiger partial charge >= 0.3 is 0 Å². The Morgan fingerprint density at radius 2 is 1.33 bits per heavy atom. The van der Waals surface area contributed by atoms with Gasteiger partial charge in [-0.15, -0.1) is 0 Å². The van der Waals surface area contributed by atoms with Crippen LogP contribution in [0.3, 0.4) is 0 Å². The van der Waals surface area contributed by atoms with Gasteiger partial charge in [0.2, 0.25) is 0 Å². The molecule has 0 aliphatic heterocycles. The second-order valence-electron chi connectivity index (χ2n) is 1.89. The van der Waals surface area contributed by atoms with Gasteiger partial charge in [-0.25, -0.2) is 0 Å². The van der Waals surface area contributed by atoms with E-state index in [9.17, 15) is 0 Å². The highest BCUT2D eigenvalue weighted by Gasteiger charge is 2.08. The number of hydrogen-bond donors (Lipinski definition) is 3. The lowest BCUT2D eigenvalue weighted by Gasteiger charge is -2.10. The molecule has 0 atom stereocenters. The molecule has 3 heteroatoms. The molecule has 0 spiro atoms. The third kappa shape index (κ3) is 32.8. The Morgan fingerprint density at radius 3 is 1.33 bits per heavy atom. The molecule has 0 aromatic rings. The zero-order chi connectivity index (χ0) is 7.91. The third-order valence-electron chi connectivity index (χ3n) is 0.670. The topological polar surface area (TPSA) is 60.7 Å². The molecule has 0 heterocycles. The summed E-state index contributed by atoms with van der Waals surface area (Å²) in [5.74, 6) is -1.46. The fourth-order valence-electron chi connectivity index (χ4n) is 0. The van der Waals surface area contributed by atoms with E-state index in [1.54, 1.807) is 13.8 Å². The molecule has 3 nitrogen and oxygen atoms in total. The van der Waals surface area contributed by atoms with Crippen molar-refractivity contribution in [1.29, 1.82) is 0 Å². The van der Waals surface area contributed by atoms with Gasteiger partial charge in [0.1, 0.15) is 0 Å². The first-order valence-electron chi connectivity index (χ1n) is 3.03. The fourth-order valence-corrected chi connectivity index (χ4v) is 0. The molecular formula is C6H16O3. The molecule has 0 radical (unpaired) electrons. The van der Waals surface area contributed by atoms with E-state index in [1.807, 2.05) is 0 Å². The minimum atomic E-state index is -1.46. The van der Waals surface area contributed by atoms with Gasteiger partial charge < -0.3 is 15.3 Å². The predicted octanol–water partition coefficient (Wildman–Crippen LogP) is 0.0958. The molecule has 0 aliphatic carbocycles. The van der Waals surface area contributed by atoms with Crippen molar-refractivity contribution in [2.75, 3.05) is 6.61 Å². The van der Waals surface area contributed by atoms with Crippen molar-refractivity contribution in [2.45, 2.75) is 33.0 Å². The van der Waals surface area contributed by atoms with Crippen molar-refractivity contribution in [1.82, 2.24) is 0 Å². The van der Waals surface area contributed by atoms with Gasteiger partial charge in [-0.05, 0) is 20.3 Å². The first-order chi connectivity index (χ1) is 3.97. The highest BCUT2D eigenvalue weighted by Crippen LogP contribution is 1.99. The summed E-state index contributed by atoms with van der Waals surface area (Å²) in [7, 11) is 0. The zero-order valence-corrected chi connectivity index (χ0v) is 6.26. The van der Waals surface area contributed by atoms with Crippen LogP contribution < -0.4 is 0 Å². The van der Waals surface area contributed by atoms with Gasteiger partial charge in [0.15, 0.2) is 5.79 Å². The van der Waals surface area contributed by atoms with E-state index in [2.05, 4.69) is 0 Å². The summed E-state index contributed by atoms with van der Waals surface area (Å²) in [5, 5.41) is 24.3. The normalized spacial score (nSPS) is 10.0. The van der Waals surface area contributed by atoms with Gasteiger partial charge in [0.25, 0.3) is 0 Å². The molecule has 58 valence electrons. The van der Waals surface area contributed by atoms with Crippen LogP contribution in [0.2, 0.25) is 0 Å². The van der Waals surface area contributed by atoms with Gasteiger partial charge in [-0.1, -0.05) is 6.92 Å². The summed E-state index contributed by atoms with van der Waals surface area (Å²) in [5.41, 5.74) is 0. The summed E-state index contributed by atoms with van der Waals surface area (Å²) < 4.78 is 0. The maximum atomic E-state index is 8.38. The Bertz CT molecular complexity index is 46.8. The summed E-state index contributed by atoms with van der Waals surface area (Å²) in [6.45, 7) is 4.99. The summed E-state index contributed by atoms with van der Waals surface area (Å²) in [4.78, 5) is 0. The second kappa shape index (κ2) is 6.01. The van der Waals surface area contributed by atoms with Crippen LogP contribution in [0.15, 0.2) is 0 Å². The maximum Gasteiger partial charge on any atom is 0.159 e. The smallest absolute Gasteiger partial charge is 0.159 e. The van der Waals surface area contributed by atoms with Gasteiger partial charge in [-0.2, -0.15) is 0 Å². The van der Waals surface area contributed by atoms with Crippen LogP contribution >= 0.6 is 0 Å². The first-order valence-corrected chi connectivity index (χ1v) is 3.03. The Hall–Kier alpha value is -0.120. The molecule has 0 amide bonds. The predicted molar refractivity (Wildman–Crippen MR) is 35.9 cm³/mol. The highest BCUT2D eigenvalue weighted by molar-refractivity contribution is 4.47. The van der Waals surface area contributed by atoms with Crippen molar-refractivity contribution in [3.8, 4) is 0 Å². The van der Waals surface area contributed by atoms with Crippen molar-refractivity contribution < 1.29 is 15.3 Å². The summed E-state index contributed by atoms with van der Waals surface area (Å²) in [6.07, 6.45) is 0.382. The maximum absolute atomic E-state index is 8.38. The third-order valence-corrected chi connectivity index (χ3v) is 0.670. The lowest BCUT2D eigenvalue weighted by Crippen LogP contribution is -2.20. The molecule has 0 rings (SSSR count). The van der Waals surface area contributed by atoms with E-state index in [1.165, 1.54) is 6.92 Å². The molecule has 0 aromatic heterocycles. The Labute approximate surface area is 56.0 Å². The standard InChI is InChI=1S/C4H10O2.C2H6O/c1-3-4(2,5)6;1-2-3/h5-6H,3H2,1-2H3;3H,2H2,1H3. The SMILES string of the molecule is CCC(C)(O)O.CCO. The monoisotopic (exact) mass is 136 g/mol. The molecular weight excluding hydrogens is 120 g/mol. The van der Waals surface area contributed by atoms with Crippen molar-refractivity contribution in [2.24, 2.45) is 0 Å².